The lowest BCUT2D eigenvalue weighted by molar-refractivity contribution is -0.132. The fourth-order valence-corrected chi connectivity index (χ4v) is 2.02. The van der Waals surface area contributed by atoms with Crippen LogP contribution < -0.4 is 4.74 Å². The predicted octanol–water partition coefficient (Wildman–Crippen LogP) is 3.63. The number of nitrogens with zero attached hydrogens (tertiary/aromatic N) is 1. The zero-order chi connectivity index (χ0) is 15.2. The summed E-state index contributed by atoms with van der Waals surface area (Å²) < 4.78 is 19.9. The molecule has 0 radical (unpaired) electrons. The lowest BCUT2D eigenvalue weighted by atomic mass is 10.2. The first kappa shape index (κ1) is 15.5. The molecule has 0 unspecified atom stereocenters. The molecule has 0 bridgehead atoms. The summed E-state index contributed by atoms with van der Waals surface area (Å²) in [7, 11) is 1.62. The molecule has 2 aromatic carbocycles. The molecule has 1 amide bonds. The van der Waals surface area contributed by atoms with Gasteiger partial charge in [0.05, 0.1) is 0 Å². The minimum Gasteiger partial charge on any atom is -0.484 e. The number of benzene rings is 2. The number of carbonyl (C=O) groups excluding carboxylic acids is 1. The van der Waals surface area contributed by atoms with E-state index in [1.807, 2.05) is 12.1 Å². The molecule has 21 heavy (non-hydrogen) atoms. The summed E-state index contributed by atoms with van der Waals surface area (Å²) in [4.78, 5) is 13.4. The van der Waals surface area contributed by atoms with Gasteiger partial charge in [0.1, 0.15) is 11.6 Å². The van der Waals surface area contributed by atoms with Crippen molar-refractivity contribution in [3.05, 3.63) is 64.4 Å². The minimum absolute atomic E-state index is 0.0768. The number of hydrogen-bond donors (Lipinski definition) is 0. The number of ether oxygens (including phenoxy) is 1. The van der Waals surface area contributed by atoms with Crippen LogP contribution in [-0.4, -0.2) is 24.5 Å². The molecule has 2 rings (SSSR count). The summed E-state index contributed by atoms with van der Waals surface area (Å²) in [6, 6.07) is 13.6. The first-order chi connectivity index (χ1) is 10.1. The van der Waals surface area contributed by atoms with Gasteiger partial charge < -0.3 is 9.64 Å². The van der Waals surface area contributed by atoms with E-state index in [1.54, 1.807) is 37.4 Å². The largest absolute Gasteiger partial charge is 0.484 e. The summed E-state index contributed by atoms with van der Waals surface area (Å²) >= 11 is 3.33. The van der Waals surface area contributed by atoms with Crippen LogP contribution in [0.2, 0.25) is 0 Å². The van der Waals surface area contributed by atoms with E-state index in [0.29, 0.717) is 11.3 Å². The highest BCUT2D eigenvalue weighted by molar-refractivity contribution is 9.10. The van der Waals surface area contributed by atoms with E-state index in [1.165, 1.54) is 11.0 Å². The summed E-state index contributed by atoms with van der Waals surface area (Å²) in [6.07, 6.45) is 0. The second-order valence-electron chi connectivity index (χ2n) is 4.58. The summed E-state index contributed by atoms with van der Waals surface area (Å²) in [6.45, 7) is 0.141. The highest BCUT2D eigenvalue weighted by Crippen LogP contribution is 2.16. The van der Waals surface area contributed by atoms with Crippen molar-refractivity contribution >= 4 is 21.8 Å². The topological polar surface area (TPSA) is 29.5 Å². The Kier molecular flexibility index (Phi) is 5.33. The van der Waals surface area contributed by atoms with Crippen molar-refractivity contribution in [2.75, 3.05) is 13.7 Å². The first-order valence-electron chi connectivity index (χ1n) is 6.42. The van der Waals surface area contributed by atoms with Crippen LogP contribution in [0.4, 0.5) is 4.39 Å². The third-order valence-corrected chi connectivity index (χ3v) is 3.50. The molecule has 0 atom stereocenters. The molecule has 0 fully saturated rings. The maximum atomic E-state index is 13.5. The molecule has 0 aliphatic carbocycles. The second-order valence-corrected chi connectivity index (χ2v) is 5.50. The van der Waals surface area contributed by atoms with E-state index in [-0.39, 0.29) is 24.9 Å². The van der Waals surface area contributed by atoms with Crippen LogP contribution in [0.3, 0.4) is 0 Å². The van der Waals surface area contributed by atoms with Crippen molar-refractivity contribution in [2.45, 2.75) is 6.54 Å². The molecule has 0 saturated carbocycles. The van der Waals surface area contributed by atoms with Gasteiger partial charge >= 0.3 is 0 Å². The van der Waals surface area contributed by atoms with E-state index >= 15 is 0 Å². The second kappa shape index (κ2) is 7.22. The van der Waals surface area contributed by atoms with E-state index in [0.717, 1.165) is 4.47 Å². The van der Waals surface area contributed by atoms with Crippen molar-refractivity contribution in [1.29, 1.82) is 0 Å². The van der Waals surface area contributed by atoms with Crippen molar-refractivity contribution in [2.24, 2.45) is 0 Å². The quantitative estimate of drug-likeness (QED) is 0.823. The molecule has 110 valence electrons. The van der Waals surface area contributed by atoms with Gasteiger partial charge in [-0.3, -0.25) is 4.79 Å². The van der Waals surface area contributed by atoms with Crippen LogP contribution in [0.1, 0.15) is 5.56 Å². The van der Waals surface area contributed by atoms with Crippen LogP contribution in [-0.2, 0) is 11.3 Å². The number of rotatable bonds is 5. The number of amides is 1. The van der Waals surface area contributed by atoms with Crippen LogP contribution in [0.25, 0.3) is 0 Å². The van der Waals surface area contributed by atoms with Crippen LogP contribution in [0, 0.1) is 5.82 Å². The lowest BCUT2D eigenvalue weighted by Gasteiger charge is -2.18. The number of halogens is 2. The fourth-order valence-electron chi connectivity index (χ4n) is 1.76. The summed E-state index contributed by atoms with van der Waals surface area (Å²) in [5, 5.41) is 0. The first-order valence-corrected chi connectivity index (χ1v) is 7.21. The highest BCUT2D eigenvalue weighted by Gasteiger charge is 2.12. The van der Waals surface area contributed by atoms with Crippen molar-refractivity contribution in [1.82, 2.24) is 4.90 Å². The highest BCUT2D eigenvalue weighted by atomic mass is 79.9. The Labute approximate surface area is 131 Å². The SMILES string of the molecule is CN(Cc1ccccc1F)C(=O)COc1ccc(Br)cc1. The molecule has 0 aromatic heterocycles. The monoisotopic (exact) mass is 351 g/mol. The molecule has 0 N–H and O–H groups in total. The fraction of sp³-hybridized carbons (Fsp3) is 0.188. The number of carbonyl (C=O) groups is 1. The molecular weight excluding hydrogens is 337 g/mol. The Morgan fingerprint density at radius 2 is 1.86 bits per heavy atom. The zero-order valence-corrected chi connectivity index (χ0v) is 13.1. The predicted molar refractivity (Wildman–Crippen MR) is 82.5 cm³/mol. The zero-order valence-electron chi connectivity index (χ0n) is 11.6. The van der Waals surface area contributed by atoms with Gasteiger partial charge in [0, 0.05) is 23.6 Å². The smallest absolute Gasteiger partial charge is 0.260 e. The maximum Gasteiger partial charge on any atom is 0.260 e. The average Bonchev–Trinajstić information content (AvgIpc) is 2.48. The van der Waals surface area contributed by atoms with Gasteiger partial charge in [-0.05, 0) is 30.3 Å². The number of hydrogen-bond acceptors (Lipinski definition) is 2. The van der Waals surface area contributed by atoms with Crippen molar-refractivity contribution in [3.63, 3.8) is 0 Å². The Morgan fingerprint density at radius 3 is 2.52 bits per heavy atom. The van der Waals surface area contributed by atoms with E-state index in [9.17, 15) is 9.18 Å². The molecule has 0 saturated heterocycles. The normalized spacial score (nSPS) is 10.2. The molecule has 0 aliphatic rings. The summed E-state index contributed by atoms with van der Waals surface area (Å²) in [5.41, 5.74) is 0.483. The van der Waals surface area contributed by atoms with Gasteiger partial charge in [-0.25, -0.2) is 4.39 Å². The minimum atomic E-state index is -0.314. The summed E-state index contributed by atoms with van der Waals surface area (Å²) in [5.74, 6) is 0.0954. The average molecular weight is 352 g/mol. The van der Waals surface area contributed by atoms with E-state index < -0.39 is 0 Å². The van der Waals surface area contributed by atoms with Crippen molar-refractivity contribution < 1.29 is 13.9 Å². The van der Waals surface area contributed by atoms with Gasteiger partial charge in [0.15, 0.2) is 6.61 Å². The Bertz CT molecular complexity index is 616. The molecule has 0 heterocycles. The standard InChI is InChI=1S/C16H15BrFNO2/c1-19(10-12-4-2-3-5-15(12)18)16(20)11-21-14-8-6-13(17)7-9-14/h2-9H,10-11H2,1H3. The third-order valence-electron chi connectivity index (χ3n) is 2.97. The van der Waals surface area contributed by atoms with Crippen LogP contribution in [0.15, 0.2) is 53.0 Å². The van der Waals surface area contributed by atoms with Crippen LogP contribution >= 0.6 is 15.9 Å². The Hall–Kier alpha value is -1.88. The Balaban J connectivity index is 1.88. The van der Waals surface area contributed by atoms with Gasteiger partial charge in [-0.2, -0.15) is 0 Å². The van der Waals surface area contributed by atoms with Gasteiger partial charge in [-0.1, -0.05) is 34.1 Å². The van der Waals surface area contributed by atoms with Gasteiger partial charge in [-0.15, -0.1) is 0 Å². The van der Waals surface area contributed by atoms with E-state index in [2.05, 4.69) is 15.9 Å². The molecule has 5 heteroatoms. The molecular formula is C16H15BrFNO2. The van der Waals surface area contributed by atoms with Gasteiger partial charge in [0.2, 0.25) is 0 Å². The molecule has 3 nitrogen and oxygen atoms in total. The molecule has 2 aromatic rings. The van der Waals surface area contributed by atoms with E-state index in [4.69, 9.17) is 4.74 Å². The molecule has 0 spiro atoms. The maximum absolute atomic E-state index is 13.5. The number of likely N-dealkylation sites (N-methyl/N-ethyl adjacent to an activating group) is 1. The van der Waals surface area contributed by atoms with Crippen molar-refractivity contribution in [3.8, 4) is 5.75 Å². The lowest BCUT2D eigenvalue weighted by Crippen LogP contribution is -2.31. The van der Waals surface area contributed by atoms with Crippen LogP contribution in [0.5, 0.6) is 5.75 Å². The molecule has 0 aliphatic heterocycles. The Morgan fingerprint density at radius 1 is 1.19 bits per heavy atom. The third kappa shape index (κ3) is 4.56. The van der Waals surface area contributed by atoms with Gasteiger partial charge in [0.25, 0.3) is 5.91 Å².